The van der Waals surface area contributed by atoms with Gasteiger partial charge in [-0.2, -0.15) is 0 Å². The molecule has 2 unspecified atom stereocenters. The van der Waals surface area contributed by atoms with Crippen LogP contribution in [0.3, 0.4) is 0 Å². The summed E-state index contributed by atoms with van der Waals surface area (Å²) in [7, 11) is 0. The van der Waals surface area contributed by atoms with Crippen molar-refractivity contribution in [3.63, 3.8) is 0 Å². The normalized spacial score (nSPS) is 21.7. The van der Waals surface area contributed by atoms with E-state index in [4.69, 9.17) is 4.74 Å². The lowest BCUT2D eigenvalue weighted by molar-refractivity contribution is 0.242. The Balaban J connectivity index is 1.85. The van der Waals surface area contributed by atoms with Gasteiger partial charge in [-0.15, -0.1) is 0 Å². The first-order chi connectivity index (χ1) is 10.2. The van der Waals surface area contributed by atoms with Crippen LogP contribution in [-0.2, 0) is 0 Å². The molecule has 2 heteroatoms. The number of rotatable bonds is 4. The van der Waals surface area contributed by atoms with Crippen LogP contribution in [-0.4, -0.2) is 12.6 Å². The molecule has 2 aromatic carbocycles. The van der Waals surface area contributed by atoms with Gasteiger partial charge in [0.2, 0.25) is 0 Å². The van der Waals surface area contributed by atoms with Gasteiger partial charge in [-0.1, -0.05) is 42.5 Å². The van der Waals surface area contributed by atoms with Gasteiger partial charge in [0.25, 0.3) is 0 Å². The molecule has 3 rings (SSSR count). The summed E-state index contributed by atoms with van der Waals surface area (Å²) >= 11 is 0. The smallest absolute Gasteiger partial charge is 0.120 e. The Morgan fingerprint density at radius 1 is 1.00 bits per heavy atom. The van der Waals surface area contributed by atoms with Crippen LogP contribution in [0.2, 0.25) is 0 Å². The number of nitrogens with one attached hydrogen (secondary N) is 1. The predicted molar refractivity (Wildman–Crippen MR) is 86.7 cm³/mol. The van der Waals surface area contributed by atoms with Gasteiger partial charge in [-0.05, 0) is 50.1 Å². The largest absolute Gasteiger partial charge is 0.491 e. The van der Waals surface area contributed by atoms with Crippen molar-refractivity contribution in [3.8, 4) is 5.75 Å². The monoisotopic (exact) mass is 281 g/mol. The molecule has 0 amide bonds. The Morgan fingerprint density at radius 3 is 2.52 bits per heavy atom. The predicted octanol–water partition coefficient (Wildman–Crippen LogP) is 4.29. The standard InChI is InChI=1S/C19H23NO/c1-14(2)21-17-10-6-9-16(13-17)19-18(11-12-20-19)15-7-4-3-5-8-15/h3-10,13-14,18-20H,11-12H2,1-2H3. The van der Waals surface area contributed by atoms with Gasteiger partial charge < -0.3 is 10.1 Å². The topological polar surface area (TPSA) is 21.3 Å². The van der Waals surface area contributed by atoms with Crippen LogP contribution in [0.1, 0.15) is 43.4 Å². The summed E-state index contributed by atoms with van der Waals surface area (Å²) in [5, 5.41) is 3.65. The molecule has 2 nitrogen and oxygen atoms in total. The zero-order valence-electron chi connectivity index (χ0n) is 12.8. The second-order valence-corrected chi connectivity index (χ2v) is 5.98. The average Bonchev–Trinajstić information content (AvgIpc) is 2.97. The Labute approximate surface area is 127 Å². The molecule has 1 aliphatic rings. The van der Waals surface area contributed by atoms with Crippen molar-refractivity contribution in [2.45, 2.75) is 38.3 Å². The lowest BCUT2D eigenvalue weighted by atomic mass is 9.88. The van der Waals surface area contributed by atoms with Crippen molar-refractivity contribution in [2.24, 2.45) is 0 Å². The van der Waals surface area contributed by atoms with Crippen molar-refractivity contribution in [1.82, 2.24) is 5.32 Å². The molecule has 0 aromatic heterocycles. The maximum absolute atomic E-state index is 5.83. The third-order valence-corrected chi connectivity index (χ3v) is 4.04. The molecule has 1 heterocycles. The van der Waals surface area contributed by atoms with Crippen LogP contribution < -0.4 is 10.1 Å². The van der Waals surface area contributed by atoms with E-state index in [1.54, 1.807) is 0 Å². The van der Waals surface area contributed by atoms with Gasteiger partial charge in [0.15, 0.2) is 0 Å². The Bertz CT molecular complexity index is 579. The van der Waals surface area contributed by atoms with E-state index in [9.17, 15) is 0 Å². The third-order valence-electron chi connectivity index (χ3n) is 4.04. The first-order valence-electron chi connectivity index (χ1n) is 7.79. The molecule has 0 radical (unpaired) electrons. The summed E-state index contributed by atoms with van der Waals surface area (Å²) in [4.78, 5) is 0. The zero-order chi connectivity index (χ0) is 14.7. The molecule has 1 fully saturated rings. The van der Waals surface area contributed by atoms with Gasteiger partial charge in [0, 0.05) is 12.0 Å². The minimum Gasteiger partial charge on any atom is -0.491 e. The molecule has 2 aromatic rings. The minimum absolute atomic E-state index is 0.210. The number of hydrogen-bond acceptors (Lipinski definition) is 2. The first-order valence-corrected chi connectivity index (χ1v) is 7.79. The molecule has 2 atom stereocenters. The van der Waals surface area contributed by atoms with Crippen LogP contribution in [0.15, 0.2) is 54.6 Å². The highest BCUT2D eigenvalue weighted by atomic mass is 16.5. The maximum Gasteiger partial charge on any atom is 0.120 e. The van der Waals surface area contributed by atoms with Gasteiger partial charge in [0.1, 0.15) is 5.75 Å². The number of benzene rings is 2. The molecule has 1 saturated heterocycles. The van der Waals surface area contributed by atoms with Crippen molar-refractivity contribution >= 4 is 0 Å². The van der Waals surface area contributed by atoms with Crippen LogP contribution in [0.25, 0.3) is 0 Å². The van der Waals surface area contributed by atoms with E-state index >= 15 is 0 Å². The van der Waals surface area contributed by atoms with Gasteiger partial charge in [-0.3, -0.25) is 0 Å². The Morgan fingerprint density at radius 2 is 1.76 bits per heavy atom. The molecular weight excluding hydrogens is 258 g/mol. The highest BCUT2D eigenvalue weighted by Crippen LogP contribution is 2.38. The second-order valence-electron chi connectivity index (χ2n) is 5.98. The Kier molecular flexibility index (Phi) is 4.26. The second kappa shape index (κ2) is 6.31. The third kappa shape index (κ3) is 3.27. The van der Waals surface area contributed by atoms with Gasteiger partial charge in [0.05, 0.1) is 6.10 Å². The highest BCUT2D eigenvalue weighted by Gasteiger charge is 2.29. The summed E-state index contributed by atoms with van der Waals surface area (Å²) in [5.41, 5.74) is 2.74. The molecule has 0 aliphatic carbocycles. The van der Waals surface area contributed by atoms with Crippen LogP contribution in [0.4, 0.5) is 0 Å². The molecule has 1 N–H and O–H groups in total. The zero-order valence-corrected chi connectivity index (χ0v) is 12.8. The van der Waals surface area contributed by atoms with Gasteiger partial charge in [-0.25, -0.2) is 0 Å². The van der Waals surface area contributed by atoms with Crippen LogP contribution in [0.5, 0.6) is 5.75 Å². The molecule has 1 aliphatic heterocycles. The van der Waals surface area contributed by atoms with E-state index in [0.29, 0.717) is 12.0 Å². The fraction of sp³-hybridized carbons (Fsp3) is 0.368. The van der Waals surface area contributed by atoms with E-state index in [0.717, 1.165) is 12.3 Å². The van der Waals surface area contributed by atoms with Gasteiger partial charge >= 0.3 is 0 Å². The fourth-order valence-corrected chi connectivity index (χ4v) is 3.17. The summed E-state index contributed by atoms with van der Waals surface area (Å²) in [5.74, 6) is 1.50. The first kappa shape index (κ1) is 14.2. The molecular formula is C19H23NO. The lowest BCUT2D eigenvalue weighted by Crippen LogP contribution is -2.17. The molecule has 110 valence electrons. The molecule has 21 heavy (non-hydrogen) atoms. The number of ether oxygens (including phenoxy) is 1. The summed E-state index contributed by atoms with van der Waals surface area (Å²) in [6.45, 7) is 5.19. The SMILES string of the molecule is CC(C)Oc1cccc(C2NCCC2c2ccccc2)c1. The fourth-order valence-electron chi connectivity index (χ4n) is 3.17. The van der Waals surface area contributed by atoms with Crippen molar-refractivity contribution in [3.05, 3.63) is 65.7 Å². The Hall–Kier alpha value is -1.80. The van der Waals surface area contributed by atoms with Crippen LogP contribution >= 0.6 is 0 Å². The minimum atomic E-state index is 0.210. The quantitative estimate of drug-likeness (QED) is 0.902. The molecule has 0 bridgehead atoms. The average molecular weight is 281 g/mol. The van der Waals surface area contributed by atoms with Crippen molar-refractivity contribution in [1.29, 1.82) is 0 Å². The van der Waals surface area contributed by atoms with E-state index in [-0.39, 0.29) is 6.10 Å². The van der Waals surface area contributed by atoms with E-state index < -0.39 is 0 Å². The molecule has 0 saturated carbocycles. The maximum atomic E-state index is 5.83. The summed E-state index contributed by atoms with van der Waals surface area (Å²) in [6.07, 6.45) is 1.39. The van der Waals surface area contributed by atoms with E-state index in [1.165, 1.54) is 17.5 Å². The lowest BCUT2D eigenvalue weighted by Gasteiger charge is -2.21. The highest BCUT2D eigenvalue weighted by molar-refractivity contribution is 5.35. The van der Waals surface area contributed by atoms with E-state index in [1.807, 2.05) is 6.07 Å². The molecule has 0 spiro atoms. The number of hydrogen-bond donors (Lipinski definition) is 1. The van der Waals surface area contributed by atoms with E-state index in [2.05, 4.69) is 67.7 Å². The van der Waals surface area contributed by atoms with Crippen LogP contribution in [0, 0.1) is 0 Å². The summed E-state index contributed by atoms with van der Waals surface area (Å²) < 4.78 is 5.83. The van der Waals surface area contributed by atoms with Crippen molar-refractivity contribution < 1.29 is 4.74 Å². The van der Waals surface area contributed by atoms with Crippen molar-refractivity contribution in [2.75, 3.05) is 6.54 Å². The summed E-state index contributed by atoms with van der Waals surface area (Å²) in [6, 6.07) is 19.7.